The zero-order chi connectivity index (χ0) is 14.4. The van der Waals surface area contributed by atoms with Crippen molar-refractivity contribution in [3.05, 3.63) is 41.7 Å². The second-order valence-electron chi connectivity index (χ2n) is 4.56. The highest BCUT2D eigenvalue weighted by Gasteiger charge is 2.10. The van der Waals surface area contributed by atoms with Crippen molar-refractivity contribution in [2.45, 2.75) is 13.5 Å². The van der Waals surface area contributed by atoms with Crippen LogP contribution in [0.1, 0.15) is 11.3 Å². The monoisotopic (exact) mass is 275 g/mol. The topological polar surface area (TPSA) is 48.3 Å². The van der Waals surface area contributed by atoms with Crippen molar-refractivity contribution in [1.29, 1.82) is 0 Å². The van der Waals surface area contributed by atoms with Crippen LogP contribution in [0.4, 0.5) is 5.95 Å². The maximum Gasteiger partial charge on any atom is 0.207 e. The predicted molar refractivity (Wildman–Crippen MR) is 79.4 cm³/mol. The molecule has 0 aliphatic heterocycles. The summed E-state index contributed by atoms with van der Waals surface area (Å²) in [6.45, 7) is 3.92. The number of rotatable bonds is 7. The van der Waals surface area contributed by atoms with Crippen molar-refractivity contribution in [2.75, 3.05) is 32.7 Å². The van der Waals surface area contributed by atoms with Gasteiger partial charge in [-0.15, -0.1) is 0 Å². The summed E-state index contributed by atoms with van der Waals surface area (Å²) in [5.74, 6) is 0.822. The molecular formula is C15H21N3O2. The number of aromatic nitrogens is 2. The number of nitrogens with one attached hydrogen (secondary N) is 1. The van der Waals surface area contributed by atoms with Crippen molar-refractivity contribution >= 4 is 5.95 Å². The van der Waals surface area contributed by atoms with Crippen LogP contribution in [0.5, 0.6) is 0 Å². The van der Waals surface area contributed by atoms with Gasteiger partial charge < -0.3 is 14.8 Å². The molecule has 0 saturated carbocycles. The van der Waals surface area contributed by atoms with Gasteiger partial charge in [-0.05, 0) is 13.0 Å². The van der Waals surface area contributed by atoms with E-state index >= 15 is 0 Å². The normalized spacial score (nSPS) is 10.8. The lowest BCUT2D eigenvalue weighted by molar-refractivity contribution is 0.185. The Labute approximate surface area is 119 Å². The Kier molecular flexibility index (Phi) is 5.15. The number of aryl methyl sites for hydroxylation is 1. The van der Waals surface area contributed by atoms with E-state index in [4.69, 9.17) is 9.47 Å². The number of imidazole rings is 1. The van der Waals surface area contributed by atoms with E-state index in [-0.39, 0.29) is 0 Å². The maximum atomic E-state index is 5.26. The Hall–Kier alpha value is -1.85. The van der Waals surface area contributed by atoms with E-state index in [0.29, 0.717) is 13.2 Å². The molecule has 0 aliphatic carbocycles. The van der Waals surface area contributed by atoms with Gasteiger partial charge >= 0.3 is 0 Å². The fourth-order valence-electron chi connectivity index (χ4n) is 2.09. The van der Waals surface area contributed by atoms with Gasteiger partial charge in [-0.1, -0.05) is 18.2 Å². The highest BCUT2D eigenvalue weighted by molar-refractivity contribution is 5.48. The first-order valence-electron chi connectivity index (χ1n) is 6.62. The van der Waals surface area contributed by atoms with E-state index in [0.717, 1.165) is 29.4 Å². The molecule has 0 fully saturated rings. The zero-order valence-electron chi connectivity index (χ0n) is 12.2. The van der Waals surface area contributed by atoms with Crippen LogP contribution in [0.25, 0.3) is 5.69 Å². The minimum atomic E-state index is 0.574. The van der Waals surface area contributed by atoms with E-state index in [1.807, 2.05) is 25.3 Å². The molecule has 0 saturated heterocycles. The second-order valence-corrected chi connectivity index (χ2v) is 4.56. The molecule has 108 valence electrons. The molecule has 1 heterocycles. The standard InChI is InChI=1S/C15H21N3O2/c1-12-10-18(15(17-12)16-8-9-19-2)14-7-5-4-6-13(14)11-20-3/h4-7,10H,8-9,11H2,1-3H3,(H,16,17). The van der Waals surface area contributed by atoms with Crippen LogP contribution in [0, 0.1) is 6.92 Å². The number of anilines is 1. The van der Waals surface area contributed by atoms with Gasteiger partial charge in [-0.25, -0.2) is 4.98 Å². The Morgan fingerprint density at radius 2 is 2.00 bits per heavy atom. The Balaban J connectivity index is 2.32. The first kappa shape index (κ1) is 14.6. The van der Waals surface area contributed by atoms with Crippen LogP contribution in [0.15, 0.2) is 30.5 Å². The zero-order valence-corrected chi connectivity index (χ0v) is 12.2. The summed E-state index contributed by atoms with van der Waals surface area (Å²) in [6, 6.07) is 8.16. The molecule has 0 bridgehead atoms. The van der Waals surface area contributed by atoms with Crippen LogP contribution in [0.2, 0.25) is 0 Å². The van der Waals surface area contributed by atoms with Gasteiger partial charge in [0.25, 0.3) is 0 Å². The third kappa shape index (κ3) is 3.37. The summed E-state index contributed by atoms with van der Waals surface area (Å²) in [5, 5.41) is 3.29. The van der Waals surface area contributed by atoms with Gasteiger partial charge in [0, 0.05) is 32.5 Å². The Bertz CT molecular complexity index is 552. The predicted octanol–water partition coefficient (Wildman–Crippen LogP) is 2.39. The molecule has 5 heteroatoms. The highest BCUT2D eigenvalue weighted by Crippen LogP contribution is 2.21. The summed E-state index contributed by atoms with van der Waals surface area (Å²) in [6.07, 6.45) is 2.02. The average molecular weight is 275 g/mol. The smallest absolute Gasteiger partial charge is 0.207 e. The number of para-hydroxylation sites is 1. The first-order valence-corrected chi connectivity index (χ1v) is 6.62. The van der Waals surface area contributed by atoms with Crippen molar-refractivity contribution in [1.82, 2.24) is 9.55 Å². The molecule has 20 heavy (non-hydrogen) atoms. The van der Waals surface area contributed by atoms with Crippen molar-refractivity contribution in [3.63, 3.8) is 0 Å². The number of ether oxygens (including phenoxy) is 2. The third-order valence-corrected chi connectivity index (χ3v) is 2.97. The summed E-state index contributed by atoms with van der Waals surface area (Å²) in [5.41, 5.74) is 3.18. The molecule has 0 amide bonds. The number of hydrogen-bond donors (Lipinski definition) is 1. The van der Waals surface area contributed by atoms with Gasteiger partial charge in [0.2, 0.25) is 5.95 Å². The highest BCUT2D eigenvalue weighted by atomic mass is 16.5. The third-order valence-electron chi connectivity index (χ3n) is 2.97. The first-order chi connectivity index (χ1) is 9.76. The SMILES string of the molecule is COCCNc1nc(C)cn1-c1ccccc1COC. The van der Waals surface area contributed by atoms with Crippen LogP contribution < -0.4 is 5.32 Å². The molecule has 5 nitrogen and oxygen atoms in total. The molecule has 1 N–H and O–H groups in total. The lowest BCUT2D eigenvalue weighted by Crippen LogP contribution is -2.12. The second kappa shape index (κ2) is 7.07. The van der Waals surface area contributed by atoms with Crippen molar-refractivity contribution < 1.29 is 9.47 Å². The van der Waals surface area contributed by atoms with Crippen LogP contribution in [0.3, 0.4) is 0 Å². The van der Waals surface area contributed by atoms with E-state index in [2.05, 4.69) is 27.0 Å². The molecule has 2 aromatic rings. The van der Waals surface area contributed by atoms with Crippen molar-refractivity contribution in [3.8, 4) is 5.69 Å². The number of benzene rings is 1. The van der Waals surface area contributed by atoms with E-state index in [1.165, 1.54) is 0 Å². The summed E-state index contributed by atoms with van der Waals surface area (Å²) in [7, 11) is 3.39. The molecule has 1 aromatic heterocycles. The van der Waals surface area contributed by atoms with Gasteiger partial charge in [0.15, 0.2) is 0 Å². The maximum absolute atomic E-state index is 5.26. The molecule has 2 rings (SSSR count). The Morgan fingerprint density at radius 3 is 2.75 bits per heavy atom. The molecule has 0 spiro atoms. The molecule has 0 unspecified atom stereocenters. The largest absolute Gasteiger partial charge is 0.383 e. The van der Waals surface area contributed by atoms with Crippen LogP contribution >= 0.6 is 0 Å². The van der Waals surface area contributed by atoms with Crippen LogP contribution in [-0.2, 0) is 16.1 Å². The summed E-state index contributed by atoms with van der Waals surface area (Å²) >= 11 is 0. The number of methoxy groups -OCH3 is 2. The number of nitrogens with zero attached hydrogens (tertiary/aromatic N) is 2. The minimum Gasteiger partial charge on any atom is -0.383 e. The van der Waals surface area contributed by atoms with Gasteiger partial charge in [0.1, 0.15) is 0 Å². The van der Waals surface area contributed by atoms with E-state index < -0.39 is 0 Å². The van der Waals surface area contributed by atoms with Gasteiger partial charge in [0.05, 0.1) is 24.6 Å². The molecular weight excluding hydrogens is 254 g/mol. The van der Waals surface area contributed by atoms with Gasteiger partial charge in [-0.2, -0.15) is 0 Å². The average Bonchev–Trinajstić information content (AvgIpc) is 2.81. The lowest BCUT2D eigenvalue weighted by atomic mass is 10.2. The van der Waals surface area contributed by atoms with E-state index in [9.17, 15) is 0 Å². The quantitative estimate of drug-likeness (QED) is 0.788. The lowest BCUT2D eigenvalue weighted by Gasteiger charge is -2.13. The molecule has 0 atom stereocenters. The van der Waals surface area contributed by atoms with E-state index in [1.54, 1.807) is 14.2 Å². The van der Waals surface area contributed by atoms with Gasteiger partial charge in [-0.3, -0.25) is 4.57 Å². The minimum absolute atomic E-state index is 0.574. The molecule has 0 aliphatic rings. The summed E-state index contributed by atoms with van der Waals surface area (Å²) in [4.78, 5) is 4.52. The fourth-order valence-corrected chi connectivity index (χ4v) is 2.09. The molecule has 1 aromatic carbocycles. The van der Waals surface area contributed by atoms with Crippen molar-refractivity contribution in [2.24, 2.45) is 0 Å². The fraction of sp³-hybridized carbons (Fsp3) is 0.400. The summed E-state index contributed by atoms with van der Waals surface area (Å²) < 4.78 is 12.4. The molecule has 0 radical (unpaired) electrons. The van der Waals surface area contributed by atoms with Crippen LogP contribution in [-0.4, -0.2) is 36.9 Å². The number of hydrogen-bond acceptors (Lipinski definition) is 4. The Morgan fingerprint density at radius 1 is 1.20 bits per heavy atom.